The first-order chi connectivity index (χ1) is 5.72. The van der Waals surface area contributed by atoms with Gasteiger partial charge in [0, 0.05) is 5.92 Å². The molecular weight excluding hydrogens is 158 g/mol. The number of rotatable bonds is 1. The second kappa shape index (κ2) is 2.47. The minimum absolute atomic E-state index is 0.0116. The van der Waals surface area contributed by atoms with Crippen molar-refractivity contribution < 1.29 is 15.1 Å². The summed E-state index contributed by atoms with van der Waals surface area (Å²) < 4.78 is 0. The van der Waals surface area contributed by atoms with Gasteiger partial charge in [-0.05, 0) is 25.2 Å². The van der Waals surface area contributed by atoms with Crippen molar-refractivity contribution in [2.75, 3.05) is 0 Å². The van der Waals surface area contributed by atoms with E-state index in [1.165, 1.54) is 0 Å². The lowest BCUT2D eigenvalue weighted by Gasteiger charge is -2.17. The minimum atomic E-state index is -0.747. The number of carboxylic acids is 1. The van der Waals surface area contributed by atoms with Crippen molar-refractivity contribution in [3.8, 4) is 0 Å². The Balaban J connectivity index is 2.20. The maximum absolute atomic E-state index is 10.7. The van der Waals surface area contributed by atoms with E-state index in [0.717, 1.165) is 19.3 Å². The predicted molar refractivity (Wildman–Crippen MR) is 41.2 cm³/mol. The quantitative estimate of drug-likeness (QED) is 0.453. The van der Waals surface area contributed by atoms with Crippen molar-refractivity contribution in [1.29, 1.82) is 0 Å². The van der Waals surface area contributed by atoms with E-state index in [9.17, 15) is 4.79 Å². The Morgan fingerprint density at radius 2 is 2.25 bits per heavy atom. The summed E-state index contributed by atoms with van der Waals surface area (Å²) in [6.07, 6.45) is 2.46. The molecule has 2 aliphatic carbocycles. The highest BCUT2D eigenvalue weighted by molar-refractivity contribution is 5.93. The molecule has 2 N–H and O–H groups in total. The smallest absolute Gasteiger partial charge is 0.307 e. The van der Waals surface area contributed by atoms with E-state index in [-0.39, 0.29) is 11.8 Å². The Morgan fingerprint density at radius 1 is 1.50 bits per heavy atom. The third kappa shape index (κ3) is 0.906. The average molecular weight is 169 g/mol. The number of carbonyl (C=O) groups is 1. The molecule has 3 atom stereocenters. The molecule has 12 heavy (non-hydrogen) atoms. The van der Waals surface area contributed by atoms with Crippen LogP contribution in [0.4, 0.5) is 0 Å². The normalized spacial score (nSPS) is 42.3. The third-order valence-corrected chi connectivity index (χ3v) is 3.03. The highest BCUT2D eigenvalue weighted by Gasteiger charge is 2.47. The molecular formula is C8H11NO3. The van der Waals surface area contributed by atoms with Gasteiger partial charge in [-0.25, -0.2) is 0 Å². The fraction of sp³-hybridized carbons (Fsp3) is 0.750. The molecule has 0 spiro atoms. The van der Waals surface area contributed by atoms with Crippen molar-refractivity contribution in [2.45, 2.75) is 19.3 Å². The lowest BCUT2D eigenvalue weighted by Crippen LogP contribution is -2.26. The van der Waals surface area contributed by atoms with Crippen molar-refractivity contribution >= 4 is 11.7 Å². The van der Waals surface area contributed by atoms with Crippen LogP contribution >= 0.6 is 0 Å². The van der Waals surface area contributed by atoms with E-state index < -0.39 is 5.97 Å². The van der Waals surface area contributed by atoms with Crippen molar-refractivity contribution in [2.24, 2.45) is 22.9 Å². The topological polar surface area (TPSA) is 69.9 Å². The molecule has 0 aromatic carbocycles. The molecule has 0 saturated heterocycles. The molecule has 2 rings (SSSR count). The Morgan fingerprint density at radius 3 is 2.75 bits per heavy atom. The Bertz CT molecular complexity index is 249. The predicted octanol–water partition coefficient (Wildman–Crippen LogP) is 0.947. The number of fused-ring (bicyclic) bond motifs is 2. The lowest BCUT2D eigenvalue weighted by atomic mass is 9.87. The standard InChI is InChI=1S/C8H11NO3/c10-8(11)6-2-4-1-5(6)7(3-4)9-12/h4-6,12H,1-3H2,(H,10,11)/b9-7+. The highest BCUT2D eigenvalue weighted by atomic mass is 16.4. The molecule has 2 fully saturated rings. The van der Waals surface area contributed by atoms with E-state index in [0.29, 0.717) is 11.6 Å². The van der Waals surface area contributed by atoms with Gasteiger partial charge in [0.1, 0.15) is 0 Å². The van der Waals surface area contributed by atoms with E-state index >= 15 is 0 Å². The summed E-state index contributed by atoms with van der Waals surface area (Å²) >= 11 is 0. The van der Waals surface area contributed by atoms with E-state index in [1.54, 1.807) is 0 Å². The van der Waals surface area contributed by atoms with Crippen molar-refractivity contribution in [3.63, 3.8) is 0 Å². The van der Waals surface area contributed by atoms with Gasteiger partial charge in [0.05, 0.1) is 11.6 Å². The molecule has 2 aliphatic rings. The number of nitrogens with zero attached hydrogens (tertiary/aromatic N) is 1. The van der Waals surface area contributed by atoms with Crippen LogP contribution < -0.4 is 0 Å². The van der Waals surface area contributed by atoms with Crippen LogP contribution in [0.25, 0.3) is 0 Å². The van der Waals surface area contributed by atoms with Crippen molar-refractivity contribution in [3.05, 3.63) is 0 Å². The second-order valence-corrected chi connectivity index (χ2v) is 3.68. The van der Waals surface area contributed by atoms with Crippen molar-refractivity contribution in [1.82, 2.24) is 0 Å². The molecule has 4 nitrogen and oxygen atoms in total. The van der Waals surface area contributed by atoms with Gasteiger partial charge < -0.3 is 10.3 Å². The first-order valence-electron chi connectivity index (χ1n) is 4.16. The van der Waals surface area contributed by atoms with Crippen LogP contribution in [0, 0.1) is 17.8 Å². The second-order valence-electron chi connectivity index (χ2n) is 3.68. The Labute approximate surface area is 69.9 Å². The molecule has 0 aromatic heterocycles. The summed E-state index contributed by atoms with van der Waals surface area (Å²) in [5, 5.41) is 20.6. The van der Waals surface area contributed by atoms with Gasteiger partial charge in [0.2, 0.25) is 0 Å². The largest absolute Gasteiger partial charge is 0.481 e. The zero-order valence-corrected chi connectivity index (χ0v) is 6.60. The third-order valence-electron chi connectivity index (χ3n) is 3.03. The molecule has 0 aliphatic heterocycles. The van der Waals surface area contributed by atoms with Gasteiger partial charge in [0.25, 0.3) is 0 Å². The van der Waals surface area contributed by atoms with Gasteiger partial charge in [-0.3, -0.25) is 4.79 Å². The lowest BCUT2D eigenvalue weighted by molar-refractivity contribution is -0.142. The summed E-state index contributed by atoms with van der Waals surface area (Å²) in [6.45, 7) is 0. The fourth-order valence-electron chi connectivity index (χ4n) is 2.51. The summed E-state index contributed by atoms with van der Waals surface area (Å²) in [5.74, 6) is -0.586. The maximum atomic E-state index is 10.7. The summed E-state index contributed by atoms with van der Waals surface area (Å²) in [5.41, 5.74) is 0.693. The Hall–Kier alpha value is -1.06. The molecule has 0 aromatic rings. The van der Waals surface area contributed by atoms with Gasteiger partial charge >= 0.3 is 5.97 Å². The summed E-state index contributed by atoms with van der Waals surface area (Å²) in [6, 6.07) is 0. The average Bonchev–Trinajstić information content (AvgIpc) is 2.60. The maximum Gasteiger partial charge on any atom is 0.307 e. The first-order valence-corrected chi connectivity index (χ1v) is 4.16. The van der Waals surface area contributed by atoms with Crippen LogP contribution in [0.5, 0.6) is 0 Å². The minimum Gasteiger partial charge on any atom is -0.481 e. The molecule has 2 bridgehead atoms. The van der Waals surface area contributed by atoms with Gasteiger partial charge in [-0.2, -0.15) is 0 Å². The van der Waals surface area contributed by atoms with E-state index in [4.69, 9.17) is 10.3 Å². The molecule has 0 radical (unpaired) electrons. The van der Waals surface area contributed by atoms with E-state index in [2.05, 4.69) is 5.16 Å². The van der Waals surface area contributed by atoms with Crippen LogP contribution in [-0.4, -0.2) is 22.0 Å². The monoisotopic (exact) mass is 169 g/mol. The van der Waals surface area contributed by atoms with Crippen LogP contribution in [0.2, 0.25) is 0 Å². The van der Waals surface area contributed by atoms with Gasteiger partial charge in [-0.1, -0.05) is 5.16 Å². The van der Waals surface area contributed by atoms with E-state index in [1.807, 2.05) is 0 Å². The molecule has 2 saturated carbocycles. The molecule has 0 heterocycles. The van der Waals surface area contributed by atoms with Crippen LogP contribution in [0.15, 0.2) is 5.16 Å². The van der Waals surface area contributed by atoms with Crippen LogP contribution in [0.3, 0.4) is 0 Å². The summed E-state index contributed by atoms with van der Waals surface area (Å²) in [7, 11) is 0. The molecule has 66 valence electrons. The fourth-order valence-corrected chi connectivity index (χ4v) is 2.51. The number of hydrogen-bond acceptors (Lipinski definition) is 3. The zero-order chi connectivity index (χ0) is 8.72. The van der Waals surface area contributed by atoms with Gasteiger partial charge in [-0.15, -0.1) is 0 Å². The van der Waals surface area contributed by atoms with Crippen LogP contribution in [0.1, 0.15) is 19.3 Å². The number of aliphatic carboxylic acids is 1. The first kappa shape index (κ1) is 7.58. The molecule has 0 amide bonds. The zero-order valence-electron chi connectivity index (χ0n) is 6.60. The number of oxime groups is 1. The SMILES string of the molecule is O=C(O)C1CC2C/C(=N\O)C1C2. The highest BCUT2D eigenvalue weighted by Crippen LogP contribution is 2.46. The number of carboxylic acid groups (broad SMARTS) is 1. The molecule has 3 unspecified atom stereocenters. The summed E-state index contributed by atoms with van der Waals surface area (Å²) in [4.78, 5) is 10.7. The number of hydrogen-bond donors (Lipinski definition) is 2. The Kier molecular flexibility index (Phi) is 1.56. The van der Waals surface area contributed by atoms with Gasteiger partial charge in [0.15, 0.2) is 0 Å². The van der Waals surface area contributed by atoms with Crippen LogP contribution in [-0.2, 0) is 4.79 Å². The molecule has 4 heteroatoms.